The molecule has 1 aromatic rings. The van der Waals surface area contributed by atoms with Gasteiger partial charge in [-0.3, -0.25) is 14.9 Å². The smallest absolute Gasteiger partial charge is 0.292 e. The number of amides is 1. The molecular weight excluding hydrogens is 272 g/mol. The summed E-state index contributed by atoms with van der Waals surface area (Å²) in [5, 5.41) is 17.0. The Balaban J connectivity index is 2.07. The third kappa shape index (κ3) is 3.49. The Kier molecular flexibility index (Phi) is 4.42. The number of hydrogen-bond acceptors (Lipinski definition) is 5. The normalized spacial score (nSPS) is 17.2. The van der Waals surface area contributed by atoms with Crippen LogP contribution in [0.1, 0.15) is 30.1 Å². The van der Waals surface area contributed by atoms with Crippen LogP contribution in [0.4, 0.5) is 11.4 Å². The van der Waals surface area contributed by atoms with E-state index in [1.54, 1.807) is 0 Å². The molecule has 1 amide bonds. The Labute approximate surface area is 123 Å². The molecule has 0 aliphatic carbocycles. The molecule has 2 rings (SSSR count). The van der Waals surface area contributed by atoms with Crippen LogP contribution >= 0.6 is 0 Å². The lowest BCUT2D eigenvalue weighted by molar-refractivity contribution is -0.383. The van der Waals surface area contributed by atoms with Crippen molar-refractivity contribution in [1.29, 1.82) is 0 Å². The number of benzene rings is 1. The average Bonchev–Trinajstić information content (AvgIpc) is 2.45. The first kappa shape index (κ1) is 15.2. The van der Waals surface area contributed by atoms with Gasteiger partial charge in [-0.15, -0.1) is 0 Å². The van der Waals surface area contributed by atoms with Crippen molar-refractivity contribution in [3.8, 4) is 0 Å². The monoisotopic (exact) mass is 292 g/mol. The molecule has 7 nitrogen and oxygen atoms in total. The lowest BCUT2D eigenvalue weighted by Gasteiger charge is -2.34. The lowest BCUT2D eigenvalue weighted by atomic mass is 9.81. The van der Waals surface area contributed by atoms with E-state index in [4.69, 9.17) is 5.73 Å². The Morgan fingerprint density at radius 2 is 2.14 bits per heavy atom. The maximum absolute atomic E-state index is 12.2. The van der Waals surface area contributed by atoms with Crippen molar-refractivity contribution >= 4 is 17.3 Å². The van der Waals surface area contributed by atoms with Gasteiger partial charge in [0.15, 0.2) is 0 Å². The summed E-state index contributed by atoms with van der Waals surface area (Å²) in [6.45, 7) is 4.54. The molecule has 1 saturated heterocycles. The summed E-state index contributed by atoms with van der Waals surface area (Å²) in [7, 11) is 0. The van der Waals surface area contributed by atoms with Crippen LogP contribution in [-0.4, -0.2) is 30.5 Å². The van der Waals surface area contributed by atoms with Crippen molar-refractivity contribution in [2.24, 2.45) is 5.41 Å². The summed E-state index contributed by atoms with van der Waals surface area (Å²) < 4.78 is 0. The highest BCUT2D eigenvalue weighted by atomic mass is 16.6. The molecule has 0 bridgehead atoms. The largest absolute Gasteiger partial charge is 0.393 e. The molecule has 1 fully saturated rings. The number of nitro benzene ring substituents is 1. The highest BCUT2D eigenvalue weighted by molar-refractivity contribution is 6.00. The molecule has 4 N–H and O–H groups in total. The number of nitrogens with two attached hydrogens (primary N) is 1. The molecule has 21 heavy (non-hydrogen) atoms. The molecular formula is C14H20N4O3. The molecule has 0 spiro atoms. The number of para-hydroxylation sites is 1. The van der Waals surface area contributed by atoms with Crippen LogP contribution in [-0.2, 0) is 0 Å². The van der Waals surface area contributed by atoms with Gasteiger partial charge in [0.1, 0.15) is 5.69 Å². The number of nitro groups is 1. The van der Waals surface area contributed by atoms with E-state index in [2.05, 4.69) is 17.6 Å². The van der Waals surface area contributed by atoms with Gasteiger partial charge in [0.2, 0.25) is 0 Å². The van der Waals surface area contributed by atoms with Crippen molar-refractivity contribution in [3.63, 3.8) is 0 Å². The fourth-order valence-corrected chi connectivity index (χ4v) is 2.51. The zero-order valence-corrected chi connectivity index (χ0v) is 12.0. The van der Waals surface area contributed by atoms with E-state index in [0.29, 0.717) is 6.54 Å². The lowest BCUT2D eigenvalue weighted by Crippen LogP contribution is -2.43. The van der Waals surface area contributed by atoms with Gasteiger partial charge in [0, 0.05) is 12.6 Å². The third-order valence-corrected chi connectivity index (χ3v) is 4.01. The molecule has 7 heteroatoms. The predicted octanol–water partition coefficient (Wildman–Crippen LogP) is 1.30. The number of piperidine rings is 1. The molecule has 0 radical (unpaired) electrons. The molecule has 1 aromatic carbocycles. The van der Waals surface area contributed by atoms with E-state index in [9.17, 15) is 14.9 Å². The highest BCUT2D eigenvalue weighted by Gasteiger charge is 2.28. The van der Waals surface area contributed by atoms with Gasteiger partial charge in [-0.25, -0.2) is 0 Å². The maximum atomic E-state index is 12.2. The first-order valence-electron chi connectivity index (χ1n) is 6.95. The number of carbonyl (C=O) groups is 1. The highest BCUT2D eigenvalue weighted by Crippen LogP contribution is 2.28. The third-order valence-electron chi connectivity index (χ3n) is 4.01. The second-order valence-corrected chi connectivity index (χ2v) is 5.74. The predicted molar refractivity (Wildman–Crippen MR) is 80.1 cm³/mol. The van der Waals surface area contributed by atoms with Crippen molar-refractivity contribution in [3.05, 3.63) is 33.9 Å². The molecule has 0 aromatic heterocycles. The molecule has 1 aliphatic rings. The topological polar surface area (TPSA) is 110 Å². The van der Waals surface area contributed by atoms with Gasteiger partial charge in [-0.1, -0.05) is 13.0 Å². The average molecular weight is 292 g/mol. The summed E-state index contributed by atoms with van der Waals surface area (Å²) in [6, 6.07) is 4.26. The number of anilines is 1. The molecule has 114 valence electrons. The van der Waals surface area contributed by atoms with Gasteiger partial charge in [-0.05, 0) is 37.4 Å². The summed E-state index contributed by atoms with van der Waals surface area (Å²) in [5.74, 6) is -0.365. The SMILES string of the molecule is CC1(CNC(=O)c2cccc([N+](=O)[O-])c2N)CCNCC1. The van der Waals surface area contributed by atoms with Crippen molar-refractivity contribution in [1.82, 2.24) is 10.6 Å². The zero-order valence-electron chi connectivity index (χ0n) is 12.0. The standard InChI is InChI=1S/C14H20N4O3/c1-14(5-7-16-8-6-14)9-17-13(19)10-3-2-4-11(12(10)15)18(20)21/h2-4,16H,5-9,15H2,1H3,(H,17,19). The van der Waals surface area contributed by atoms with Gasteiger partial charge in [0.25, 0.3) is 11.6 Å². The Morgan fingerprint density at radius 1 is 1.48 bits per heavy atom. The van der Waals surface area contributed by atoms with E-state index in [1.165, 1.54) is 18.2 Å². The number of rotatable bonds is 4. The van der Waals surface area contributed by atoms with Crippen molar-refractivity contribution in [2.75, 3.05) is 25.4 Å². The molecule has 0 unspecified atom stereocenters. The summed E-state index contributed by atoms with van der Waals surface area (Å²) in [4.78, 5) is 22.5. The quantitative estimate of drug-likeness (QED) is 0.440. The maximum Gasteiger partial charge on any atom is 0.292 e. The van der Waals surface area contributed by atoms with Crippen LogP contribution in [0.15, 0.2) is 18.2 Å². The molecule has 0 saturated carbocycles. The van der Waals surface area contributed by atoms with Crippen LogP contribution < -0.4 is 16.4 Å². The van der Waals surface area contributed by atoms with Crippen LogP contribution in [0.5, 0.6) is 0 Å². The van der Waals surface area contributed by atoms with Gasteiger partial charge in [-0.2, -0.15) is 0 Å². The minimum atomic E-state index is -0.583. The van der Waals surface area contributed by atoms with E-state index >= 15 is 0 Å². The number of nitrogens with one attached hydrogen (secondary N) is 2. The molecule has 1 heterocycles. The Bertz CT molecular complexity index is 553. The van der Waals surface area contributed by atoms with E-state index in [1.807, 2.05) is 0 Å². The fourth-order valence-electron chi connectivity index (χ4n) is 2.51. The second-order valence-electron chi connectivity index (χ2n) is 5.74. The van der Waals surface area contributed by atoms with Gasteiger partial charge in [0.05, 0.1) is 10.5 Å². The molecule has 1 aliphatic heterocycles. The van der Waals surface area contributed by atoms with Crippen LogP contribution in [0.25, 0.3) is 0 Å². The minimum Gasteiger partial charge on any atom is -0.393 e. The first-order valence-corrected chi connectivity index (χ1v) is 6.95. The first-order chi connectivity index (χ1) is 9.93. The summed E-state index contributed by atoms with van der Waals surface area (Å²) in [5.41, 5.74) is 5.59. The molecule has 0 atom stereocenters. The van der Waals surface area contributed by atoms with Gasteiger partial charge >= 0.3 is 0 Å². The number of hydrogen-bond donors (Lipinski definition) is 3. The van der Waals surface area contributed by atoms with Gasteiger partial charge < -0.3 is 16.4 Å². The van der Waals surface area contributed by atoms with Crippen molar-refractivity contribution < 1.29 is 9.72 Å². The summed E-state index contributed by atoms with van der Waals surface area (Å²) in [6.07, 6.45) is 1.97. The summed E-state index contributed by atoms with van der Waals surface area (Å²) >= 11 is 0. The van der Waals surface area contributed by atoms with E-state index < -0.39 is 4.92 Å². The van der Waals surface area contributed by atoms with Crippen LogP contribution in [0.2, 0.25) is 0 Å². The van der Waals surface area contributed by atoms with Crippen LogP contribution in [0, 0.1) is 15.5 Å². The van der Waals surface area contributed by atoms with Crippen LogP contribution in [0.3, 0.4) is 0 Å². The fraction of sp³-hybridized carbons (Fsp3) is 0.500. The number of carbonyl (C=O) groups excluding carboxylic acids is 1. The van der Waals surface area contributed by atoms with E-state index in [-0.39, 0.29) is 28.3 Å². The number of nitrogens with zero attached hydrogens (tertiary/aromatic N) is 1. The second kappa shape index (κ2) is 6.09. The number of nitrogen functional groups attached to an aromatic ring is 1. The Hall–Kier alpha value is -2.15. The Morgan fingerprint density at radius 3 is 2.76 bits per heavy atom. The van der Waals surface area contributed by atoms with Crippen molar-refractivity contribution in [2.45, 2.75) is 19.8 Å². The minimum absolute atomic E-state index is 0.0520. The van der Waals surface area contributed by atoms with E-state index in [0.717, 1.165) is 25.9 Å². The zero-order chi connectivity index (χ0) is 15.5.